The van der Waals surface area contributed by atoms with E-state index in [0.29, 0.717) is 5.92 Å². The molecule has 1 aliphatic carbocycles. The highest BCUT2D eigenvalue weighted by Gasteiger charge is 2.25. The zero-order valence-corrected chi connectivity index (χ0v) is 14.5. The fourth-order valence-electron chi connectivity index (χ4n) is 3.61. The second kappa shape index (κ2) is 8.01. The smallest absolute Gasteiger partial charge is 0.269 e. The van der Waals surface area contributed by atoms with E-state index in [2.05, 4.69) is 5.32 Å². The van der Waals surface area contributed by atoms with Gasteiger partial charge in [0.1, 0.15) is 5.75 Å². The number of hydrogen-bond acceptors (Lipinski definition) is 4. The number of nitro benzene ring substituents is 1. The predicted molar refractivity (Wildman–Crippen MR) is 99.0 cm³/mol. The van der Waals surface area contributed by atoms with Crippen molar-refractivity contribution >= 4 is 11.4 Å². The topological polar surface area (TPSA) is 64.4 Å². The van der Waals surface area contributed by atoms with Crippen LogP contribution < -0.4 is 10.1 Å². The minimum atomic E-state index is -0.351. The van der Waals surface area contributed by atoms with E-state index in [1.807, 2.05) is 36.4 Å². The summed E-state index contributed by atoms with van der Waals surface area (Å²) in [6, 6.07) is 15.0. The van der Waals surface area contributed by atoms with Crippen molar-refractivity contribution in [1.29, 1.82) is 0 Å². The fraction of sp³-hybridized carbons (Fsp3) is 0.400. The highest BCUT2D eigenvalue weighted by Crippen LogP contribution is 2.37. The number of methoxy groups -OCH3 is 1. The van der Waals surface area contributed by atoms with Crippen molar-refractivity contribution in [2.24, 2.45) is 5.92 Å². The zero-order valence-electron chi connectivity index (χ0n) is 14.5. The third-order valence-corrected chi connectivity index (χ3v) is 5.00. The van der Waals surface area contributed by atoms with Gasteiger partial charge in [-0.1, -0.05) is 31.4 Å². The minimum Gasteiger partial charge on any atom is -0.497 e. The number of anilines is 1. The monoisotopic (exact) mass is 340 g/mol. The van der Waals surface area contributed by atoms with Crippen molar-refractivity contribution in [3.05, 3.63) is 64.2 Å². The largest absolute Gasteiger partial charge is 0.497 e. The van der Waals surface area contributed by atoms with Gasteiger partial charge in [0.25, 0.3) is 5.69 Å². The SMILES string of the molecule is COc1ccc(NC(c2ccc([N+](=O)[O-])cc2)C2CCCCC2)cc1. The molecule has 1 N–H and O–H groups in total. The van der Waals surface area contributed by atoms with Crippen LogP contribution in [-0.2, 0) is 0 Å². The maximum atomic E-state index is 10.9. The highest BCUT2D eigenvalue weighted by atomic mass is 16.6. The van der Waals surface area contributed by atoms with Crippen LogP contribution in [0.1, 0.15) is 43.7 Å². The van der Waals surface area contributed by atoms with Crippen LogP contribution in [0.15, 0.2) is 48.5 Å². The molecule has 1 atom stereocenters. The maximum absolute atomic E-state index is 10.9. The molecule has 5 nitrogen and oxygen atoms in total. The molecule has 2 aromatic carbocycles. The summed E-state index contributed by atoms with van der Waals surface area (Å²) in [6.07, 6.45) is 6.17. The summed E-state index contributed by atoms with van der Waals surface area (Å²) in [4.78, 5) is 10.6. The van der Waals surface area contributed by atoms with E-state index >= 15 is 0 Å². The lowest BCUT2D eigenvalue weighted by molar-refractivity contribution is -0.384. The van der Waals surface area contributed by atoms with E-state index in [4.69, 9.17) is 4.74 Å². The molecule has 0 amide bonds. The Morgan fingerprint density at radius 2 is 1.68 bits per heavy atom. The summed E-state index contributed by atoms with van der Waals surface area (Å²) in [5.74, 6) is 1.37. The first kappa shape index (κ1) is 17.3. The van der Waals surface area contributed by atoms with Gasteiger partial charge in [-0.05, 0) is 48.6 Å². The van der Waals surface area contributed by atoms with Gasteiger partial charge in [0, 0.05) is 17.8 Å². The third kappa shape index (κ3) is 4.29. The number of benzene rings is 2. The van der Waals surface area contributed by atoms with Crippen LogP contribution >= 0.6 is 0 Å². The van der Waals surface area contributed by atoms with E-state index < -0.39 is 0 Å². The van der Waals surface area contributed by atoms with Gasteiger partial charge < -0.3 is 10.1 Å². The molecule has 3 rings (SSSR count). The van der Waals surface area contributed by atoms with Gasteiger partial charge in [-0.25, -0.2) is 0 Å². The molecule has 1 saturated carbocycles. The number of nitrogens with zero attached hydrogens (tertiary/aromatic N) is 1. The fourth-order valence-corrected chi connectivity index (χ4v) is 3.61. The molecule has 0 bridgehead atoms. The Balaban J connectivity index is 1.84. The summed E-state index contributed by atoms with van der Waals surface area (Å²) in [7, 11) is 1.66. The molecule has 5 heteroatoms. The molecule has 132 valence electrons. The lowest BCUT2D eigenvalue weighted by atomic mass is 9.81. The van der Waals surface area contributed by atoms with Gasteiger partial charge >= 0.3 is 0 Å². The number of hydrogen-bond donors (Lipinski definition) is 1. The van der Waals surface area contributed by atoms with Crippen molar-refractivity contribution in [2.45, 2.75) is 38.1 Å². The molecule has 0 spiro atoms. The number of ether oxygens (including phenoxy) is 1. The van der Waals surface area contributed by atoms with Crippen LogP contribution in [0.3, 0.4) is 0 Å². The molecule has 25 heavy (non-hydrogen) atoms. The van der Waals surface area contributed by atoms with Gasteiger partial charge in [0.2, 0.25) is 0 Å². The van der Waals surface area contributed by atoms with Crippen molar-refractivity contribution in [1.82, 2.24) is 0 Å². The Morgan fingerprint density at radius 3 is 2.24 bits per heavy atom. The number of nitrogens with one attached hydrogen (secondary N) is 1. The van der Waals surface area contributed by atoms with E-state index in [1.165, 1.54) is 32.1 Å². The van der Waals surface area contributed by atoms with Gasteiger partial charge in [-0.3, -0.25) is 10.1 Å². The summed E-state index contributed by atoms with van der Waals surface area (Å²) in [6.45, 7) is 0. The van der Waals surface area contributed by atoms with Crippen LogP contribution in [-0.4, -0.2) is 12.0 Å². The molecule has 0 aromatic heterocycles. The van der Waals surface area contributed by atoms with Crippen molar-refractivity contribution in [3.63, 3.8) is 0 Å². The van der Waals surface area contributed by atoms with Crippen LogP contribution in [0.4, 0.5) is 11.4 Å². The van der Waals surface area contributed by atoms with Crippen LogP contribution in [0, 0.1) is 16.0 Å². The molecule has 0 radical (unpaired) electrons. The quantitative estimate of drug-likeness (QED) is 0.569. The Labute approximate surface area is 148 Å². The van der Waals surface area contributed by atoms with E-state index in [0.717, 1.165) is 17.0 Å². The molecule has 1 unspecified atom stereocenters. The number of rotatable bonds is 6. The minimum absolute atomic E-state index is 0.135. The summed E-state index contributed by atoms with van der Waals surface area (Å²) in [5.41, 5.74) is 2.28. The van der Waals surface area contributed by atoms with Crippen LogP contribution in [0.25, 0.3) is 0 Å². The lowest BCUT2D eigenvalue weighted by Crippen LogP contribution is -2.23. The van der Waals surface area contributed by atoms with Crippen molar-refractivity contribution in [2.75, 3.05) is 12.4 Å². The summed E-state index contributed by atoms with van der Waals surface area (Å²) in [5, 5.41) is 14.6. The second-order valence-corrected chi connectivity index (χ2v) is 6.60. The summed E-state index contributed by atoms with van der Waals surface area (Å²) >= 11 is 0. The standard InChI is InChI=1S/C20H24N2O3/c1-25-19-13-9-17(10-14-19)21-20(15-5-3-2-4-6-15)16-7-11-18(12-8-16)22(23)24/h7-15,20-21H,2-6H2,1H3. The predicted octanol–water partition coefficient (Wildman–Crippen LogP) is 5.34. The molecule has 0 heterocycles. The average molecular weight is 340 g/mol. The third-order valence-electron chi connectivity index (χ3n) is 5.00. The Kier molecular flexibility index (Phi) is 5.53. The van der Waals surface area contributed by atoms with E-state index in [1.54, 1.807) is 19.2 Å². The molecule has 2 aromatic rings. The van der Waals surface area contributed by atoms with Gasteiger partial charge in [0.15, 0.2) is 0 Å². The zero-order chi connectivity index (χ0) is 17.6. The van der Waals surface area contributed by atoms with Gasteiger partial charge in [0.05, 0.1) is 18.1 Å². The van der Waals surface area contributed by atoms with E-state index in [-0.39, 0.29) is 16.7 Å². The first-order valence-corrected chi connectivity index (χ1v) is 8.82. The van der Waals surface area contributed by atoms with E-state index in [9.17, 15) is 10.1 Å². The van der Waals surface area contributed by atoms with Gasteiger partial charge in [-0.2, -0.15) is 0 Å². The lowest BCUT2D eigenvalue weighted by Gasteiger charge is -2.32. The molecular weight excluding hydrogens is 316 g/mol. The Hall–Kier alpha value is -2.56. The second-order valence-electron chi connectivity index (χ2n) is 6.60. The molecule has 1 aliphatic rings. The summed E-state index contributed by atoms with van der Waals surface area (Å²) < 4.78 is 5.22. The first-order chi connectivity index (χ1) is 12.2. The maximum Gasteiger partial charge on any atom is 0.269 e. The Bertz CT molecular complexity index is 692. The number of non-ortho nitro benzene ring substituents is 1. The molecule has 1 fully saturated rings. The average Bonchev–Trinajstić information content (AvgIpc) is 2.67. The van der Waals surface area contributed by atoms with Crippen molar-refractivity contribution in [3.8, 4) is 5.75 Å². The number of nitro groups is 1. The Morgan fingerprint density at radius 1 is 1.04 bits per heavy atom. The van der Waals surface area contributed by atoms with Crippen LogP contribution in [0.5, 0.6) is 5.75 Å². The van der Waals surface area contributed by atoms with Crippen molar-refractivity contribution < 1.29 is 9.66 Å². The first-order valence-electron chi connectivity index (χ1n) is 8.82. The molecule has 0 aliphatic heterocycles. The normalized spacial score (nSPS) is 16.2. The van der Waals surface area contributed by atoms with Crippen LogP contribution in [0.2, 0.25) is 0 Å². The molecular formula is C20H24N2O3. The molecule has 0 saturated heterocycles. The van der Waals surface area contributed by atoms with Gasteiger partial charge in [-0.15, -0.1) is 0 Å². The highest BCUT2D eigenvalue weighted by molar-refractivity contribution is 5.49.